The third kappa shape index (κ3) is 2.71. The minimum atomic E-state index is -0.783. The van der Waals surface area contributed by atoms with Crippen molar-refractivity contribution in [3.05, 3.63) is 46.1 Å². The van der Waals surface area contributed by atoms with Crippen molar-refractivity contribution < 1.29 is 9.84 Å². The Kier molecular flexibility index (Phi) is 3.79. The van der Waals surface area contributed by atoms with Crippen LogP contribution in [0.2, 0.25) is 0 Å². The topological polar surface area (TPSA) is 69.3 Å². The number of aromatic nitrogens is 3. The van der Waals surface area contributed by atoms with Crippen LogP contribution in [0.5, 0.6) is 5.75 Å². The molecule has 0 saturated heterocycles. The van der Waals surface area contributed by atoms with E-state index in [0.29, 0.717) is 11.3 Å². The molecule has 0 radical (unpaired) electrons. The maximum absolute atomic E-state index is 12.2. The summed E-state index contributed by atoms with van der Waals surface area (Å²) in [7, 11) is 1.58. The highest BCUT2D eigenvalue weighted by Gasteiger charge is 2.19. The second kappa shape index (κ2) is 5.73. The fourth-order valence-electron chi connectivity index (χ4n) is 2.69. The van der Waals surface area contributed by atoms with Gasteiger partial charge in [0.2, 0.25) is 0 Å². The molecule has 3 rings (SSSR count). The Labute approximate surface area is 122 Å². The molecular weight excluding hydrogens is 270 g/mol. The summed E-state index contributed by atoms with van der Waals surface area (Å²) < 4.78 is 8.22. The van der Waals surface area contributed by atoms with Crippen molar-refractivity contribution in [3.63, 3.8) is 0 Å². The van der Waals surface area contributed by atoms with Gasteiger partial charge in [0.25, 0.3) is 0 Å². The SMILES string of the molecule is COc1cccc(C(O)Cn2nc3n(c2=O)CCCC3)c1. The Morgan fingerprint density at radius 2 is 2.29 bits per heavy atom. The van der Waals surface area contributed by atoms with E-state index in [1.54, 1.807) is 17.7 Å². The van der Waals surface area contributed by atoms with Gasteiger partial charge in [-0.15, -0.1) is 0 Å². The second-order valence-corrected chi connectivity index (χ2v) is 5.28. The summed E-state index contributed by atoms with van der Waals surface area (Å²) in [6.07, 6.45) is 2.12. The molecule has 1 atom stereocenters. The number of rotatable bonds is 4. The minimum absolute atomic E-state index is 0.133. The predicted octanol–water partition coefficient (Wildman–Crippen LogP) is 1.12. The van der Waals surface area contributed by atoms with Crippen LogP contribution in [0.25, 0.3) is 0 Å². The molecule has 0 bridgehead atoms. The normalized spacial score (nSPS) is 15.5. The van der Waals surface area contributed by atoms with Crippen LogP contribution >= 0.6 is 0 Å². The second-order valence-electron chi connectivity index (χ2n) is 5.28. The molecule has 21 heavy (non-hydrogen) atoms. The molecule has 0 spiro atoms. The maximum Gasteiger partial charge on any atom is 0.346 e. The molecule has 1 aliphatic rings. The molecule has 2 heterocycles. The largest absolute Gasteiger partial charge is 0.497 e. The number of hydrogen-bond acceptors (Lipinski definition) is 4. The molecular formula is C15H19N3O3. The Balaban J connectivity index is 1.83. The van der Waals surface area contributed by atoms with Crippen molar-refractivity contribution in [2.45, 2.75) is 38.5 Å². The van der Waals surface area contributed by atoms with Crippen molar-refractivity contribution in [2.75, 3.05) is 7.11 Å². The first-order valence-electron chi connectivity index (χ1n) is 7.17. The molecule has 0 aliphatic carbocycles. The first kappa shape index (κ1) is 13.9. The van der Waals surface area contributed by atoms with Crippen molar-refractivity contribution in [1.82, 2.24) is 14.3 Å². The smallest absolute Gasteiger partial charge is 0.346 e. The third-order valence-electron chi connectivity index (χ3n) is 3.86. The fourth-order valence-corrected chi connectivity index (χ4v) is 2.69. The van der Waals surface area contributed by atoms with Gasteiger partial charge in [0.1, 0.15) is 11.6 Å². The Morgan fingerprint density at radius 1 is 1.43 bits per heavy atom. The standard InChI is InChI=1S/C15H19N3O3/c1-21-12-6-4-5-11(9-12)13(19)10-18-15(20)17-8-3-2-7-14(17)16-18/h4-6,9,13,19H,2-3,7-8,10H2,1H3. The van der Waals surface area contributed by atoms with Crippen molar-refractivity contribution in [1.29, 1.82) is 0 Å². The molecule has 1 aromatic carbocycles. The molecule has 6 heteroatoms. The van der Waals surface area contributed by atoms with Gasteiger partial charge in [-0.1, -0.05) is 12.1 Å². The average Bonchev–Trinajstić information content (AvgIpc) is 2.84. The molecule has 0 saturated carbocycles. The molecule has 2 aromatic rings. The number of benzene rings is 1. The number of fused-ring (bicyclic) bond motifs is 1. The van der Waals surface area contributed by atoms with Gasteiger partial charge in [0.15, 0.2) is 0 Å². The van der Waals surface area contributed by atoms with Gasteiger partial charge in [-0.25, -0.2) is 9.48 Å². The number of methoxy groups -OCH3 is 1. The quantitative estimate of drug-likeness (QED) is 0.916. The van der Waals surface area contributed by atoms with Crippen molar-refractivity contribution in [2.24, 2.45) is 0 Å². The number of aryl methyl sites for hydroxylation is 1. The summed E-state index contributed by atoms with van der Waals surface area (Å²) in [5.41, 5.74) is 0.582. The summed E-state index contributed by atoms with van der Waals surface area (Å²) in [5, 5.41) is 14.6. The van der Waals surface area contributed by atoms with Crippen LogP contribution in [-0.2, 0) is 19.5 Å². The Bertz CT molecular complexity index is 690. The average molecular weight is 289 g/mol. The fraction of sp³-hybridized carbons (Fsp3) is 0.467. The highest BCUT2D eigenvalue weighted by atomic mass is 16.5. The highest BCUT2D eigenvalue weighted by Crippen LogP contribution is 2.20. The van der Waals surface area contributed by atoms with Gasteiger partial charge in [-0.3, -0.25) is 4.57 Å². The molecule has 1 unspecified atom stereocenters. The van der Waals surface area contributed by atoms with Crippen LogP contribution in [0.4, 0.5) is 0 Å². The lowest BCUT2D eigenvalue weighted by Gasteiger charge is -2.11. The predicted molar refractivity (Wildman–Crippen MR) is 77.4 cm³/mol. The van der Waals surface area contributed by atoms with Crippen LogP contribution in [0.15, 0.2) is 29.1 Å². The van der Waals surface area contributed by atoms with Crippen LogP contribution in [-0.4, -0.2) is 26.6 Å². The van der Waals surface area contributed by atoms with E-state index >= 15 is 0 Å². The van der Waals surface area contributed by atoms with Gasteiger partial charge >= 0.3 is 5.69 Å². The number of nitrogens with zero attached hydrogens (tertiary/aromatic N) is 3. The summed E-state index contributed by atoms with van der Waals surface area (Å²) in [5.74, 6) is 1.51. The summed E-state index contributed by atoms with van der Waals surface area (Å²) >= 11 is 0. The lowest BCUT2D eigenvalue weighted by molar-refractivity contribution is 0.149. The van der Waals surface area contributed by atoms with E-state index in [0.717, 1.165) is 31.6 Å². The number of aliphatic hydroxyl groups excluding tert-OH is 1. The molecule has 0 amide bonds. The van der Waals surface area contributed by atoms with Crippen LogP contribution in [0.1, 0.15) is 30.3 Å². The zero-order valence-corrected chi connectivity index (χ0v) is 12.0. The summed E-state index contributed by atoms with van der Waals surface area (Å²) in [6, 6.07) is 7.22. The van der Waals surface area contributed by atoms with Gasteiger partial charge in [0, 0.05) is 13.0 Å². The van der Waals surface area contributed by atoms with Crippen molar-refractivity contribution in [3.8, 4) is 5.75 Å². The van der Waals surface area contributed by atoms with E-state index in [4.69, 9.17) is 4.74 Å². The van der Waals surface area contributed by atoms with E-state index < -0.39 is 6.10 Å². The van der Waals surface area contributed by atoms with E-state index in [1.165, 1.54) is 4.68 Å². The van der Waals surface area contributed by atoms with Gasteiger partial charge < -0.3 is 9.84 Å². The van der Waals surface area contributed by atoms with E-state index in [2.05, 4.69) is 5.10 Å². The maximum atomic E-state index is 12.2. The molecule has 1 N–H and O–H groups in total. The zero-order chi connectivity index (χ0) is 14.8. The highest BCUT2D eigenvalue weighted by molar-refractivity contribution is 5.29. The number of hydrogen-bond donors (Lipinski definition) is 1. The number of ether oxygens (including phenoxy) is 1. The first-order valence-corrected chi connectivity index (χ1v) is 7.17. The third-order valence-corrected chi connectivity index (χ3v) is 3.86. The lowest BCUT2D eigenvalue weighted by Crippen LogP contribution is -2.28. The van der Waals surface area contributed by atoms with E-state index in [1.807, 2.05) is 18.2 Å². The number of aliphatic hydroxyl groups is 1. The van der Waals surface area contributed by atoms with Crippen LogP contribution < -0.4 is 10.4 Å². The molecule has 1 aromatic heterocycles. The Morgan fingerprint density at radius 3 is 3.05 bits per heavy atom. The monoisotopic (exact) mass is 289 g/mol. The molecule has 112 valence electrons. The first-order chi connectivity index (χ1) is 10.2. The van der Waals surface area contributed by atoms with E-state index in [9.17, 15) is 9.90 Å². The minimum Gasteiger partial charge on any atom is -0.497 e. The summed E-state index contributed by atoms with van der Waals surface area (Å²) in [6.45, 7) is 0.884. The van der Waals surface area contributed by atoms with Crippen LogP contribution in [0, 0.1) is 0 Å². The van der Waals surface area contributed by atoms with Crippen LogP contribution in [0.3, 0.4) is 0 Å². The van der Waals surface area contributed by atoms with Gasteiger partial charge in [0.05, 0.1) is 19.8 Å². The Hall–Kier alpha value is -2.08. The van der Waals surface area contributed by atoms with E-state index in [-0.39, 0.29) is 12.2 Å². The zero-order valence-electron chi connectivity index (χ0n) is 12.0. The van der Waals surface area contributed by atoms with Gasteiger partial charge in [-0.05, 0) is 30.5 Å². The van der Waals surface area contributed by atoms with Crippen molar-refractivity contribution >= 4 is 0 Å². The lowest BCUT2D eigenvalue weighted by atomic mass is 10.1. The molecule has 0 fully saturated rings. The summed E-state index contributed by atoms with van der Waals surface area (Å²) in [4.78, 5) is 12.2. The molecule has 1 aliphatic heterocycles. The molecule has 6 nitrogen and oxygen atoms in total. The van der Waals surface area contributed by atoms with Gasteiger partial charge in [-0.2, -0.15) is 5.10 Å².